The Morgan fingerprint density at radius 3 is 2.87 bits per heavy atom. The maximum Gasteiger partial charge on any atom is 0.339 e. The van der Waals surface area contributed by atoms with E-state index in [1.54, 1.807) is 0 Å². The Hall–Kier alpha value is -1.69. The number of nitrogens with one attached hydrogen (secondary N) is 1. The number of aliphatic hydroxyl groups is 1. The molecule has 0 radical (unpaired) electrons. The predicted octanol–water partition coefficient (Wildman–Crippen LogP) is 0.110. The molecule has 80 valence electrons. The molecule has 0 aromatic carbocycles. The zero-order valence-corrected chi connectivity index (χ0v) is 7.92. The molecular weight excluding hydrogens is 198 g/mol. The van der Waals surface area contributed by atoms with E-state index in [0.717, 1.165) is 0 Å². The molecule has 0 amide bonds. The molecular formula is C9H11N3O3. The Morgan fingerprint density at radius 2 is 2.27 bits per heavy atom. The minimum Gasteiger partial charge on any atom is -0.478 e. The molecule has 0 saturated heterocycles. The van der Waals surface area contributed by atoms with Gasteiger partial charge in [0, 0.05) is 6.04 Å². The zero-order chi connectivity index (χ0) is 10.8. The Kier molecular flexibility index (Phi) is 2.51. The van der Waals surface area contributed by atoms with Crippen molar-refractivity contribution >= 4 is 11.8 Å². The molecule has 1 aromatic rings. The monoisotopic (exact) mass is 209 g/mol. The summed E-state index contributed by atoms with van der Waals surface area (Å²) in [5.41, 5.74) is 0.103. The fourth-order valence-corrected chi connectivity index (χ4v) is 1.51. The first-order valence-electron chi connectivity index (χ1n) is 4.66. The number of aliphatic hydroxyl groups excluding tert-OH is 1. The highest BCUT2D eigenvalue weighted by Gasteiger charge is 2.28. The smallest absolute Gasteiger partial charge is 0.339 e. The minimum absolute atomic E-state index is 0.0924. The van der Waals surface area contributed by atoms with Crippen LogP contribution in [0.15, 0.2) is 12.3 Å². The molecule has 6 heteroatoms. The molecule has 0 spiro atoms. The van der Waals surface area contributed by atoms with Gasteiger partial charge in [-0.25, -0.2) is 4.79 Å². The van der Waals surface area contributed by atoms with E-state index in [4.69, 9.17) is 10.2 Å². The highest BCUT2D eigenvalue weighted by molar-refractivity contribution is 5.92. The van der Waals surface area contributed by atoms with Gasteiger partial charge in [0.15, 0.2) is 5.82 Å². The molecule has 15 heavy (non-hydrogen) atoms. The van der Waals surface area contributed by atoms with E-state index in [1.807, 2.05) is 0 Å². The summed E-state index contributed by atoms with van der Waals surface area (Å²) in [6.07, 6.45) is 2.29. The van der Waals surface area contributed by atoms with Crippen molar-refractivity contribution in [3.8, 4) is 0 Å². The van der Waals surface area contributed by atoms with E-state index < -0.39 is 5.97 Å². The van der Waals surface area contributed by atoms with Gasteiger partial charge >= 0.3 is 5.97 Å². The van der Waals surface area contributed by atoms with E-state index in [-0.39, 0.29) is 23.5 Å². The van der Waals surface area contributed by atoms with Gasteiger partial charge in [-0.05, 0) is 18.9 Å². The number of hydrogen-bond donors (Lipinski definition) is 3. The van der Waals surface area contributed by atoms with Crippen molar-refractivity contribution in [3.05, 3.63) is 17.8 Å². The highest BCUT2D eigenvalue weighted by atomic mass is 16.4. The molecule has 1 fully saturated rings. The average Bonchev–Trinajstić information content (AvgIpc) is 2.16. The summed E-state index contributed by atoms with van der Waals surface area (Å²) in [6, 6.07) is 1.49. The number of carbonyl (C=O) groups is 1. The first-order valence-corrected chi connectivity index (χ1v) is 4.66. The molecule has 0 atom stereocenters. The number of nitrogens with zero attached hydrogens (tertiary/aromatic N) is 2. The number of hydrogen-bond acceptors (Lipinski definition) is 5. The van der Waals surface area contributed by atoms with Crippen LogP contribution in [-0.2, 0) is 0 Å². The number of aromatic nitrogens is 2. The van der Waals surface area contributed by atoms with Crippen LogP contribution in [0, 0.1) is 0 Å². The first kappa shape index (κ1) is 9.85. The number of anilines is 1. The molecule has 1 heterocycles. The topological polar surface area (TPSA) is 95.3 Å². The van der Waals surface area contributed by atoms with Gasteiger partial charge in [0.25, 0.3) is 0 Å². The molecule has 0 aliphatic heterocycles. The van der Waals surface area contributed by atoms with Gasteiger partial charge in [0.05, 0.1) is 12.3 Å². The lowest BCUT2D eigenvalue weighted by molar-refractivity contribution is 0.0696. The Balaban J connectivity index is 2.10. The van der Waals surface area contributed by atoms with Crippen LogP contribution in [0.25, 0.3) is 0 Å². The van der Waals surface area contributed by atoms with Crippen LogP contribution in [0.4, 0.5) is 5.82 Å². The summed E-state index contributed by atoms with van der Waals surface area (Å²) in [5, 5.41) is 28.2. The average molecular weight is 209 g/mol. The lowest BCUT2D eigenvalue weighted by atomic mass is 9.89. The van der Waals surface area contributed by atoms with Gasteiger partial charge in [-0.1, -0.05) is 0 Å². The maximum absolute atomic E-state index is 10.8. The summed E-state index contributed by atoms with van der Waals surface area (Å²) in [5.74, 6) is -0.769. The van der Waals surface area contributed by atoms with Crippen LogP contribution in [0.1, 0.15) is 23.2 Å². The number of aromatic carboxylic acids is 1. The van der Waals surface area contributed by atoms with Crippen LogP contribution in [0.5, 0.6) is 0 Å². The molecule has 6 nitrogen and oxygen atoms in total. The van der Waals surface area contributed by atoms with Crippen LogP contribution in [0.2, 0.25) is 0 Å². The fraction of sp³-hybridized carbons (Fsp3) is 0.444. The van der Waals surface area contributed by atoms with E-state index in [1.165, 1.54) is 12.3 Å². The van der Waals surface area contributed by atoms with E-state index >= 15 is 0 Å². The Labute approximate surface area is 86.0 Å². The maximum atomic E-state index is 10.8. The molecule has 0 bridgehead atoms. The van der Waals surface area contributed by atoms with Crippen LogP contribution < -0.4 is 5.32 Å². The predicted molar refractivity (Wildman–Crippen MR) is 51.6 cm³/mol. The summed E-state index contributed by atoms with van der Waals surface area (Å²) in [4.78, 5) is 10.8. The third-order valence-electron chi connectivity index (χ3n) is 2.41. The summed E-state index contributed by atoms with van der Waals surface area (Å²) >= 11 is 0. The normalized spacial score (nSPS) is 24.3. The van der Waals surface area contributed by atoms with Gasteiger partial charge in [0.1, 0.15) is 5.56 Å². The Bertz CT molecular complexity index is 377. The molecule has 1 aliphatic rings. The summed E-state index contributed by atoms with van der Waals surface area (Å²) in [6.45, 7) is 0. The molecule has 0 unspecified atom stereocenters. The molecule has 1 aromatic heterocycles. The van der Waals surface area contributed by atoms with E-state index in [0.29, 0.717) is 12.8 Å². The molecule has 3 N–H and O–H groups in total. The zero-order valence-electron chi connectivity index (χ0n) is 7.92. The second-order valence-electron chi connectivity index (χ2n) is 3.57. The second-order valence-corrected chi connectivity index (χ2v) is 3.57. The standard InChI is InChI=1S/C9H11N3O3/c13-6-3-5(4-6)11-8-7(9(14)15)1-2-10-12-8/h1-2,5-6,13H,3-4H2,(H,11,12)(H,14,15). The quantitative estimate of drug-likeness (QED) is 0.654. The van der Waals surface area contributed by atoms with E-state index in [9.17, 15) is 4.79 Å². The summed E-state index contributed by atoms with van der Waals surface area (Å²) < 4.78 is 0. The lowest BCUT2D eigenvalue weighted by Gasteiger charge is -2.32. The van der Waals surface area contributed by atoms with Gasteiger partial charge in [-0.15, -0.1) is 5.10 Å². The first-order chi connectivity index (χ1) is 7.16. The lowest BCUT2D eigenvalue weighted by Crippen LogP contribution is -2.39. The van der Waals surface area contributed by atoms with Crippen LogP contribution in [-0.4, -0.2) is 38.5 Å². The van der Waals surface area contributed by atoms with Gasteiger partial charge in [-0.2, -0.15) is 5.10 Å². The van der Waals surface area contributed by atoms with Gasteiger partial charge < -0.3 is 15.5 Å². The van der Waals surface area contributed by atoms with Crippen LogP contribution in [0.3, 0.4) is 0 Å². The molecule has 1 saturated carbocycles. The third-order valence-corrected chi connectivity index (χ3v) is 2.41. The van der Waals surface area contributed by atoms with Crippen molar-refractivity contribution in [2.24, 2.45) is 0 Å². The number of carboxylic acid groups (broad SMARTS) is 1. The van der Waals surface area contributed by atoms with Crippen molar-refractivity contribution in [2.75, 3.05) is 5.32 Å². The van der Waals surface area contributed by atoms with Gasteiger partial charge in [-0.3, -0.25) is 0 Å². The van der Waals surface area contributed by atoms with Crippen molar-refractivity contribution in [1.82, 2.24) is 10.2 Å². The SMILES string of the molecule is O=C(O)c1ccnnc1NC1CC(O)C1. The highest BCUT2D eigenvalue weighted by Crippen LogP contribution is 2.24. The van der Waals surface area contributed by atoms with Gasteiger partial charge in [0.2, 0.25) is 0 Å². The number of carboxylic acids is 1. The van der Waals surface area contributed by atoms with Crippen molar-refractivity contribution < 1.29 is 15.0 Å². The van der Waals surface area contributed by atoms with Crippen LogP contribution >= 0.6 is 0 Å². The molecule has 1 aliphatic carbocycles. The van der Waals surface area contributed by atoms with Crippen molar-refractivity contribution in [1.29, 1.82) is 0 Å². The summed E-state index contributed by atoms with van der Waals surface area (Å²) in [7, 11) is 0. The minimum atomic E-state index is -1.03. The fourth-order valence-electron chi connectivity index (χ4n) is 1.51. The Morgan fingerprint density at radius 1 is 1.53 bits per heavy atom. The van der Waals surface area contributed by atoms with Crippen molar-refractivity contribution in [3.63, 3.8) is 0 Å². The number of rotatable bonds is 3. The second kappa shape index (κ2) is 3.82. The largest absolute Gasteiger partial charge is 0.478 e. The third kappa shape index (κ3) is 2.04. The van der Waals surface area contributed by atoms with Crippen molar-refractivity contribution in [2.45, 2.75) is 25.0 Å². The molecule has 2 rings (SSSR count). The van der Waals surface area contributed by atoms with E-state index in [2.05, 4.69) is 15.5 Å².